The summed E-state index contributed by atoms with van der Waals surface area (Å²) in [6, 6.07) is 0. The van der Waals surface area contributed by atoms with Crippen LogP contribution in [0.5, 0.6) is 0 Å². The highest BCUT2D eigenvalue weighted by Gasteiger charge is 2.54. The first-order chi connectivity index (χ1) is 12.9. The number of ether oxygens (including phenoxy) is 6. The second-order valence-corrected chi connectivity index (χ2v) is 7.68. The average Bonchev–Trinajstić information content (AvgIpc) is 3.29. The van der Waals surface area contributed by atoms with Crippen LogP contribution in [-0.4, -0.2) is 68.6 Å². The molecular formula is C19H25O8. The molecule has 0 saturated carbocycles. The number of rotatable bonds is 0. The Balaban J connectivity index is 1.48. The molecule has 3 aliphatic heterocycles. The van der Waals surface area contributed by atoms with Gasteiger partial charge in [-0.3, -0.25) is 9.59 Å². The van der Waals surface area contributed by atoms with Gasteiger partial charge in [0.25, 0.3) is 0 Å². The average molecular weight is 381 g/mol. The van der Waals surface area contributed by atoms with E-state index in [0.29, 0.717) is 13.0 Å². The van der Waals surface area contributed by atoms with Gasteiger partial charge >= 0.3 is 11.9 Å². The van der Waals surface area contributed by atoms with E-state index in [0.717, 1.165) is 5.57 Å². The number of fused-ring (bicyclic) bond motifs is 7. The molecule has 3 fully saturated rings. The van der Waals surface area contributed by atoms with Gasteiger partial charge in [0.1, 0.15) is 19.3 Å². The van der Waals surface area contributed by atoms with Gasteiger partial charge < -0.3 is 28.4 Å². The molecule has 4 rings (SSSR count). The Labute approximate surface area is 158 Å². The molecule has 4 atom stereocenters. The van der Waals surface area contributed by atoms with Gasteiger partial charge in [0.2, 0.25) is 0 Å². The van der Waals surface area contributed by atoms with Crippen LogP contribution in [0.1, 0.15) is 33.1 Å². The molecule has 0 aromatic heterocycles. The van der Waals surface area contributed by atoms with Gasteiger partial charge in [0.05, 0.1) is 44.4 Å². The molecule has 1 aliphatic carbocycles. The van der Waals surface area contributed by atoms with Crippen molar-refractivity contribution in [2.24, 2.45) is 0 Å². The molecule has 0 aromatic carbocycles. The van der Waals surface area contributed by atoms with Crippen LogP contribution in [0, 0.1) is 5.92 Å². The van der Waals surface area contributed by atoms with E-state index in [1.54, 1.807) is 6.92 Å². The van der Waals surface area contributed by atoms with Gasteiger partial charge in [-0.2, -0.15) is 0 Å². The molecule has 0 aromatic rings. The maximum Gasteiger partial charge on any atom is 0.311 e. The first kappa shape index (κ1) is 18.9. The lowest BCUT2D eigenvalue weighted by Crippen LogP contribution is -2.46. The summed E-state index contributed by atoms with van der Waals surface area (Å²) >= 11 is 0. The molecule has 8 nitrogen and oxygen atoms in total. The fourth-order valence-electron chi connectivity index (χ4n) is 3.89. The summed E-state index contributed by atoms with van der Waals surface area (Å²) in [7, 11) is 0. The van der Waals surface area contributed by atoms with Crippen LogP contribution in [-0.2, 0) is 38.0 Å². The van der Waals surface area contributed by atoms with Gasteiger partial charge in [-0.1, -0.05) is 6.08 Å². The topological polar surface area (TPSA) is 89.5 Å². The molecule has 8 heteroatoms. The predicted octanol–water partition coefficient (Wildman–Crippen LogP) is 1.08. The van der Waals surface area contributed by atoms with Crippen LogP contribution in [0.15, 0.2) is 11.6 Å². The summed E-state index contributed by atoms with van der Waals surface area (Å²) < 4.78 is 33.8. The van der Waals surface area contributed by atoms with Gasteiger partial charge in [-0.05, 0) is 25.8 Å². The van der Waals surface area contributed by atoms with E-state index < -0.39 is 17.4 Å². The van der Waals surface area contributed by atoms with Crippen LogP contribution in [0.25, 0.3) is 0 Å². The third kappa shape index (κ3) is 4.18. The quantitative estimate of drug-likeness (QED) is 0.576. The highest BCUT2D eigenvalue weighted by atomic mass is 16.8. The molecule has 27 heavy (non-hydrogen) atoms. The molecule has 4 aliphatic rings. The third-order valence-corrected chi connectivity index (χ3v) is 5.28. The molecule has 3 heterocycles. The van der Waals surface area contributed by atoms with Gasteiger partial charge in [-0.15, -0.1) is 0 Å². The summed E-state index contributed by atoms with van der Waals surface area (Å²) in [5.74, 6) is -0.595. The standard InChI is InChI=1S/C19H25O8/c1-18-9-16(20)23-5-3-22-4-6-24-17(21)10-19(2)25-11-15(27-19)14(26-18)8-12-7-13(12)18/h7,14-15H,3-6,8-11H2,1-2H3. The summed E-state index contributed by atoms with van der Waals surface area (Å²) in [5.41, 5.74) is 0.334. The van der Waals surface area contributed by atoms with Crippen molar-refractivity contribution in [3.8, 4) is 0 Å². The van der Waals surface area contributed by atoms with E-state index in [1.165, 1.54) is 5.92 Å². The van der Waals surface area contributed by atoms with Gasteiger partial charge in [0.15, 0.2) is 5.79 Å². The molecule has 0 amide bonds. The highest BCUT2D eigenvalue weighted by Crippen LogP contribution is 2.53. The minimum absolute atomic E-state index is 0.00481. The lowest BCUT2D eigenvalue weighted by atomic mass is 9.89. The first-order valence-electron chi connectivity index (χ1n) is 9.34. The second-order valence-electron chi connectivity index (χ2n) is 7.68. The molecular weight excluding hydrogens is 356 g/mol. The monoisotopic (exact) mass is 381 g/mol. The molecule has 1 radical (unpaired) electrons. The summed E-state index contributed by atoms with van der Waals surface area (Å²) in [6.07, 6.45) is 2.32. The predicted molar refractivity (Wildman–Crippen MR) is 90.4 cm³/mol. The van der Waals surface area contributed by atoms with E-state index >= 15 is 0 Å². The van der Waals surface area contributed by atoms with Crippen molar-refractivity contribution in [1.29, 1.82) is 0 Å². The zero-order valence-corrected chi connectivity index (χ0v) is 15.7. The lowest BCUT2D eigenvalue weighted by Gasteiger charge is -2.39. The van der Waals surface area contributed by atoms with Crippen LogP contribution in [0.2, 0.25) is 0 Å². The SMILES string of the molecule is CC12CC(=O)OCCOCCOC(=O)CC3(C)OC(C[C]4C=C43)C(CO1)O2. The van der Waals surface area contributed by atoms with E-state index in [4.69, 9.17) is 28.4 Å². The first-order valence-corrected chi connectivity index (χ1v) is 9.34. The number of hydrogen-bond donors (Lipinski definition) is 0. The Hall–Kier alpha value is -1.48. The molecule has 0 N–H and O–H groups in total. The van der Waals surface area contributed by atoms with Gasteiger partial charge in [0, 0.05) is 5.92 Å². The van der Waals surface area contributed by atoms with Crippen molar-refractivity contribution < 1.29 is 38.0 Å². The third-order valence-electron chi connectivity index (χ3n) is 5.28. The lowest BCUT2D eigenvalue weighted by molar-refractivity contribution is -0.197. The Bertz CT molecular complexity index is 646. The van der Waals surface area contributed by atoms with Crippen molar-refractivity contribution in [1.82, 2.24) is 0 Å². The minimum Gasteiger partial charge on any atom is -0.463 e. The number of esters is 2. The zero-order chi connectivity index (χ0) is 19.1. The molecule has 149 valence electrons. The molecule has 4 bridgehead atoms. The normalized spacial score (nSPS) is 41.0. The maximum absolute atomic E-state index is 12.2. The fourth-order valence-corrected chi connectivity index (χ4v) is 3.89. The largest absolute Gasteiger partial charge is 0.463 e. The Kier molecular flexibility index (Phi) is 5.00. The molecule has 0 spiro atoms. The number of allylic oxidation sites excluding steroid dienone is 1. The smallest absolute Gasteiger partial charge is 0.311 e. The minimum atomic E-state index is -1.04. The number of hydrogen-bond acceptors (Lipinski definition) is 8. The summed E-state index contributed by atoms with van der Waals surface area (Å²) in [4.78, 5) is 24.3. The van der Waals surface area contributed by atoms with E-state index in [9.17, 15) is 9.59 Å². The number of carbonyl (C=O) groups is 2. The second kappa shape index (κ2) is 7.16. The van der Waals surface area contributed by atoms with Crippen molar-refractivity contribution in [2.45, 2.75) is 56.7 Å². The number of carbonyl (C=O) groups excluding carboxylic acids is 2. The summed E-state index contributed by atoms with van der Waals surface area (Å²) in [6.45, 7) is 4.71. The molecule has 4 unspecified atom stereocenters. The van der Waals surface area contributed by atoms with E-state index in [-0.39, 0.29) is 57.4 Å². The van der Waals surface area contributed by atoms with Crippen LogP contribution in [0.3, 0.4) is 0 Å². The zero-order valence-electron chi connectivity index (χ0n) is 15.7. The Morgan fingerprint density at radius 3 is 2.37 bits per heavy atom. The molecule has 3 saturated heterocycles. The van der Waals surface area contributed by atoms with Gasteiger partial charge in [-0.25, -0.2) is 0 Å². The van der Waals surface area contributed by atoms with Crippen LogP contribution < -0.4 is 0 Å². The van der Waals surface area contributed by atoms with Crippen molar-refractivity contribution in [2.75, 3.05) is 33.0 Å². The number of cyclic esters (lactones) is 2. The fraction of sp³-hybridized carbons (Fsp3) is 0.737. The van der Waals surface area contributed by atoms with Crippen LogP contribution in [0.4, 0.5) is 0 Å². The Morgan fingerprint density at radius 2 is 1.63 bits per heavy atom. The Morgan fingerprint density at radius 1 is 0.926 bits per heavy atom. The van der Waals surface area contributed by atoms with E-state index in [1.807, 2.05) is 6.92 Å². The maximum atomic E-state index is 12.2. The summed E-state index contributed by atoms with van der Waals surface area (Å²) in [5, 5.41) is 0. The van der Waals surface area contributed by atoms with Crippen molar-refractivity contribution >= 4 is 11.9 Å². The van der Waals surface area contributed by atoms with E-state index in [2.05, 4.69) is 6.08 Å². The highest BCUT2D eigenvalue weighted by molar-refractivity contribution is 5.74. The van der Waals surface area contributed by atoms with Crippen molar-refractivity contribution in [3.63, 3.8) is 0 Å². The van der Waals surface area contributed by atoms with Crippen LogP contribution >= 0.6 is 0 Å². The van der Waals surface area contributed by atoms with Crippen molar-refractivity contribution in [3.05, 3.63) is 17.6 Å².